The molecular formula is C20H27NO. The second-order valence-corrected chi connectivity index (χ2v) is 8.10. The number of aldehydes is 1. The smallest absolute Gasteiger partial charge is 0.166 e. The summed E-state index contributed by atoms with van der Waals surface area (Å²) in [6, 6.07) is 10.6. The molecule has 2 heteroatoms. The third kappa shape index (κ3) is 3.68. The highest BCUT2D eigenvalue weighted by atomic mass is 16.1. The van der Waals surface area contributed by atoms with Gasteiger partial charge in [0.2, 0.25) is 0 Å². The molecule has 0 atom stereocenters. The summed E-state index contributed by atoms with van der Waals surface area (Å²) < 4.78 is 2.00. The van der Waals surface area contributed by atoms with Crippen molar-refractivity contribution in [3.63, 3.8) is 0 Å². The molecule has 2 aromatic rings. The Morgan fingerprint density at radius 2 is 1.50 bits per heavy atom. The van der Waals surface area contributed by atoms with Gasteiger partial charge in [-0.15, -0.1) is 0 Å². The minimum absolute atomic E-state index is 0.111. The topological polar surface area (TPSA) is 22.0 Å². The van der Waals surface area contributed by atoms with E-state index in [9.17, 15) is 4.79 Å². The van der Waals surface area contributed by atoms with Gasteiger partial charge in [-0.25, -0.2) is 0 Å². The van der Waals surface area contributed by atoms with Crippen molar-refractivity contribution in [3.05, 3.63) is 58.9 Å². The highest BCUT2D eigenvalue weighted by Crippen LogP contribution is 2.30. The third-order valence-electron chi connectivity index (χ3n) is 4.06. The quantitative estimate of drug-likeness (QED) is 0.735. The minimum Gasteiger partial charge on any atom is -0.341 e. The summed E-state index contributed by atoms with van der Waals surface area (Å²) in [5, 5.41) is 0. The van der Waals surface area contributed by atoms with Gasteiger partial charge in [-0.1, -0.05) is 59.7 Å². The van der Waals surface area contributed by atoms with Crippen LogP contribution in [0.4, 0.5) is 0 Å². The normalized spacial score (nSPS) is 12.5. The standard InChI is InChI=1S/C20H27NO/c1-19(2,3)16-10-15(11-17(12-16)20(4,5)6)13-21-9-7-8-18(21)14-22/h7-12,14H,13H2,1-6H3. The van der Waals surface area contributed by atoms with Crippen LogP contribution in [0.15, 0.2) is 36.5 Å². The van der Waals surface area contributed by atoms with Crippen LogP contribution in [0.3, 0.4) is 0 Å². The van der Waals surface area contributed by atoms with Gasteiger partial charge >= 0.3 is 0 Å². The lowest BCUT2D eigenvalue weighted by atomic mass is 9.79. The first-order valence-corrected chi connectivity index (χ1v) is 7.86. The summed E-state index contributed by atoms with van der Waals surface area (Å²) in [6.07, 6.45) is 2.88. The van der Waals surface area contributed by atoms with Crippen LogP contribution < -0.4 is 0 Å². The summed E-state index contributed by atoms with van der Waals surface area (Å²) in [5.74, 6) is 0. The Labute approximate surface area is 134 Å². The number of hydrogen-bond acceptors (Lipinski definition) is 1. The molecule has 0 fully saturated rings. The lowest BCUT2D eigenvalue weighted by molar-refractivity contribution is 0.111. The van der Waals surface area contributed by atoms with Gasteiger partial charge in [-0.05, 0) is 39.7 Å². The average molecular weight is 297 g/mol. The maximum atomic E-state index is 11.1. The predicted octanol–water partition coefficient (Wildman–Crippen LogP) is 4.94. The SMILES string of the molecule is CC(C)(C)c1cc(Cn2cccc2C=O)cc(C(C)(C)C)c1. The Morgan fingerprint density at radius 3 is 1.95 bits per heavy atom. The van der Waals surface area contributed by atoms with Crippen LogP contribution in [0, 0.1) is 0 Å². The molecule has 22 heavy (non-hydrogen) atoms. The maximum Gasteiger partial charge on any atom is 0.166 e. The number of rotatable bonds is 3. The zero-order valence-corrected chi connectivity index (χ0v) is 14.6. The number of benzene rings is 1. The molecule has 0 radical (unpaired) electrons. The molecule has 0 aliphatic rings. The molecule has 2 nitrogen and oxygen atoms in total. The summed E-state index contributed by atoms with van der Waals surface area (Å²) in [6.45, 7) is 14.2. The van der Waals surface area contributed by atoms with Crippen LogP contribution >= 0.6 is 0 Å². The molecule has 0 amide bonds. The predicted molar refractivity (Wildman–Crippen MR) is 92.8 cm³/mol. The summed E-state index contributed by atoms with van der Waals surface area (Å²) in [7, 11) is 0. The molecule has 118 valence electrons. The van der Waals surface area contributed by atoms with E-state index in [4.69, 9.17) is 0 Å². The number of carbonyl (C=O) groups excluding carboxylic acids is 1. The second kappa shape index (κ2) is 5.75. The van der Waals surface area contributed by atoms with Crippen molar-refractivity contribution in [3.8, 4) is 0 Å². The number of hydrogen-bond donors (Lipinski definition) is 0. The Bertz CT molecular complexity index is 633. The van der Waals surface area contributed by atoms with Crippen LogP contribution in [0.5, 0.6) is 0 Å². The van der Waals surface area contributed by atoms with Crippen LogP contribution in [0.25, 0.3) is 0 Å². The molecule has 1 aromatic heterocycles. The van der Waals surface area contributed by atoms with Gasteiger partial charge in [-0.2, -0.15) is 0 Å². The van der Waals surface area contributed by atoms with E-state index in [1.54, 1.807) is 0 Å². The van der Waals surface area contributed by atoms with Gasteiger partial charge in [-0.3, -0.25) is 4.79 Å². The lowest BCUT2D eigenvalue weighted by Crippen LogP contribution is -2.17. The largest absolute Gasteiger partial charge is 0.341 e. The number of nitrogens with zero attached hydrogens (tertiary/aromatic N) is 1. The highest BCUT2D eigenvalue weighted by molar-refractivity contribution is 5.72. The molecule has 0 aliphatic carbocycles. The fraction of sp³-hybridized carbons (Fsp3) is 0.450. The van der Waals surface area contributed by atoms with E-state index in [-0.39, 0.29) is 10.8 Å². The van der Waals surface area contributed by atoms with E-state index in [0.29, 0.717) is 0 Å². The van der Waals surface area contributed by atoms with E-state index < -0.39 is 0 Å². The van der Waals surface area contributed by atoms with Crippen molar-refractivity contribution in [2.24, 2.45) is 0 Å². The molecular weight excluding hydrogens is 270 g/mol. The zero-order chi connectivity index (χ0) is 16.5. The van der Waals surface area contributed by atoms with Crippen molar-refractivity contribution in [2.75, 3.05) is 0 Å². The van der Waals surface area contributed by atoms with Crippen molar-refractivity contribution in [1.82, 2.24) is 4.57 Å². The first kappa shape index (κ1) is 16.5. The molecule has 0 aliphatic heterocycles. The van der Waals surface area contributed by atoms with E-state index in [2.05, 4.69) is 59.7 Å². The van der Waals surface area contributed by atoms with E-state index >= 15 is 0 Å². The number of carbonyl (C=O) groups is 1. The fourth-order valence-electron chi connectivity index (χ4n) is 2.52. The summed E-state index contributed by atoms with van der Waals surface area (Å²) in [5.41, 5.74) is 4.87. The van der Waals surface area contributed by atoms with E-state index in [1.807, 2.05) is 22.9 Å². The van der Waals surface area contributed by atoms with Crippen LogP contribution in [-0.4, -0.2) is 10.9 Å². The Kier molecular flexibility index (Phi) is 4.32. The zero-order valence-electron chi connectivity index (χ0n) is 14.6. The van der Waals surface area contributed by atoms with Gasteiger partial charge in [0, 0.05) is 12.7 Å². The van der Waals surface area contributed by atoms with Crippen molar-refractivity contribution < 1.29 is 4.79 Å². The molecule has 0 saturated heterocycles. The van der Waals surface area contributed by atoms with E-state index in [1.165, 1.54) is 16.7 Å². The van der Waals surface area contributed by atoms with Gasteiger partial charge in [0.1, 0.15) is 0 Å². The first-order chi connectivity index (χ1) is 10.1. The van der Waals surface area contributed by atoms with Gasteiger partial charge < -0.3 is 4.57 Å². The van der Waals surface area contributed by atoms with E-state index in [0.717, 1.165) is 18.5 Å². The van der Waals surface area contributed by atoms with Gasteiger partial charge in [0.25, 0.3) is 0 Å². The molecule has 0 saturated carbocycles. The molecule has 0 bridgehead atoms. The van der Waals surface area contributed by atoms with Crippen LogP contribution in [0.2, 0.25) is 0 Å². The molecule has 0 unspecified atom stereocenters. The van der Waals surface area contributed by atoms with Crippen LogP contribution in [-0.2, 0) is 17.4 Å². The Balaban J connectivity index is 2.49. The van der Waals surface area contributed by atoms with Crippen LogP contribution in [0.1, 0.15) is 68.7 Å². The third-order valence-corrected chi connectivity index (χ3v) is 4.06. The molecule has 1 heterocycles. The monoisotopic (exact) mass is 297 g/mol. The Morgan fingerprint density at radius 1 is 0.955 bits per heavy atom. The molecule has 0 N–H and O–H groups in total. The molecule has 2 rings (SSSR count). The van der Waals surface area contributed by atoms with Crippen molar-refractivity contribution >= 4 is 6.29 Å². The molecule has 0 spiro atoms. The van der Waals surface area contributed by atoms with Gasteiger partial charge in [0.15, 0.2) is 6.29 Å². The van der Waals surface area contributed by atoms with Crippen molar-refractivity contribution in [2.45, 2.75) is 58.9 Å². The minimum atomic E-state index is 0.111. The maximum absolute atomic E-state index is 11.1. The van der Waals surface area contributed by atoms with Gasteiger partial charge in [0.05, 0.1) is 5.69 Å². The summed E-state index contributed by atoms with van der Waals surface area (Å²) >= 11 is 0. The average Bonchev–Trinajstić information content (AvgIpc) is 2.83. The first-order valence-electron chi connectivity index (χ1n) is 7.86. The Hall–Kier alpha value is -1.83. The number of aromatic nitrogens is 1. The molecule has 1 aromatic carbocycles. The highest BCUT2D eigenvalue weighted by Gasteiger charge is 2.20. The van der Waals surface area contributed by atoms with Crippen molar-refractivity contribution in [1.29, 1.82) is 0 Å². The summed E-state index contributed by atoms with van der Waals surface area (Å²) in [4.78, 5) is 11.1. The lowest BCUT2D eigenvalue weighted by Gasteiger charge is -2.26. The second-order valence-electron chi connectivity index (χ2n) is 8.10. The fourth-order valence-corrected chi connectivity index (χ4v) is 2.52.